The molecule has 0 heterocycles. The topological polar surface area (TPSA) is 106 Å². The van der Waals surface area contributed by atoms with Crippen LogP contribution in [0.15, 0.2) is 27.6 Å². The molecule has 0 bridgehead atoms. The molecule has 0 aromatic heterocycles. The van der Waals surface area contributed by atoms with Gasteiger partial charge in [0.2, 0.25) is 20.0 Å². The van der Waals surface area contributed by atoms with Gasteiger partial charge in [-0.05, 0) is 34.1 Å². The van der Waals surface area contributed by atoms with Crippen molar-refractivity contribution in [1.29, 1.82) is 0 Å². The molecule has 0 aliphatic heterocycles. The van der Waals surface area contributed by atoms with Crippen LogP contribution in [0, 0.1) is 0 Å². The minimum absolute atomic E-state index is 0.127. The molecule has 0 fully saturated rings. The van der Waals surface area contributed by atoms with E-state index in [0.29, 0.717) is 0 Å². The molecule has 0 amide bonds. The van der Waals surface area contributed by atoms with Crippen LogP contribution in [-0.4, -0.2) is 22.0 Å². The van der Waals surface area contributed by atoms with Crippen molar-refractivity contribution < 1.29 is 16.8 Å². The molecular formula is C7H8BrClN2O4S2. The molecule has 1 aromatic carbocycles. The number of primary sulfonamides is 1. The zero-order chi connectivity index (χ0) is 13.3. The average molecular weight is 364 g/mol. The van der Waals surface area contributed by atoms with Gasteiger partial charge in [0.05, 0.1) is 10.6 Å². The van der Waals surface area contributed by atoms with Gasteiger partial charge in [0.1, 0.15) is 5.21 Å². The molecule has 1 aromatic rings. The zero-order valence-corrected chi connectivity index (χ0v) is 12.2. The van der Waals surface area contributed by atoms with Crippen LogP contribution in [-0.2, 0) is 20.0 Å². The lowest BCUT2D eigenvalue weighted by molar-refractivity contribution is 0.597. The Bertz CT molecular complexity index is 629. The number of benzene rings is 1. The Labute approximate surface area is 112 Å². The van der Waals surface area contributed by atoms with Crippen LogP contribution in [0.1, 0.15) is 0 Å². The van der Waals surface area contributed by atoms with Crippen molar-refractivity contribution in [3.8, 4) is 0 Å². The van der Waals surface area contributed by atoms with E-state index in [0.717, 1.165) is 0 Å². The first-order chi connectivity index (χ1) is 7.65. The second-order valence-corrected chi connectivity index (χ2v) is 7.73. The van der Waals surface area contributed by atoms with Crippen molar-refractivity contribution in [2.45, 2.75) is 4.90 Å². The van der Waals surface area contributed by atoms with Gasteiger partial charge in [-0.15, -0.1) is 11.6 Å². The second-order valence-electron chi connectivity index (χ2n) is 3.01. The fourth-order valence-electron chi connectivity index (χ4n) is 0.950. The maximum absolute atomic E-state index is 11.2. The summed E-state index contributed by atoms with van der Waals surface area (Å²) in [4.78, 5) is -0.127. The predicted octanol–water partition coefficient (Wildman–Crippen LogP) is 1.03. The van der Waals surface area contributed by atoms with Gasteiger partial charge in [0.15, 0.2) is 0 Å². The summed E-state index contributed by atoms with van der Waals surface area (Å²) < 4.78 is 46.9. The fourth-order valence-corrected chi connectivity index (χ4v) is 2.98. The number of alkyl halides is 1. The third-order valence-electron chi connectivity index (χ3n) is 1.68. The summed E-state index contributed by atoms with van der Waals surface area (Å²) in [5, 5.41) is 4.32. The smallest absolute Gasteiger partial charge is 0.246 e. The minimum atomic E-state index is -3.82. The van der Waals surface area contributed by atoms with E-state index in [1.807, 2.05) is 0 Å². The van der Waals surface area contributed by atoms with E-state index in [4.69, 9.17) is 16.7 Å². The van der Waals surface area contributed by atoms with Gasteiger partial charge in [-0.1, -0.05) is 0 Å². The first kappa shape index (κ1) is 14.7. The highest BCUT2D eigenvalue weighted by molar-refractivity contribution is 9.10. The van der Waals surface area contributed by atoms with Crippen LogP contribution >= 0.6 is 27.5 Å². The number of anilines is 1. The fraction of sp³-hybridized carbons (Fsp3) is 0.143. The molecule has 0 saturated heterocycles. The molecule has 0 unspecified atom stereocenters. The van der Waals surface area contributed by atoms with Crippen LogP contribution < -0.4 is 9.86 Å². The molecule has 6 nitrogen and oxygen atoms in total. The maximum atomic E-state index is 11.2. The van der Waals surface area contributed by atoms with Crippen molar-refractivity contribution in [3.05, 3.63) is 22.7 Å². The molecule has 3 N–H and O–H groups in total. The average Bonchev–Trinajstić information content (AvgIpc) is 2.19. The lowest BCUT2D eigenvalue weighted by Gasteiger charge is -2.08. The SMILES string of the molecule is NS(=O)(=O)c1ccc(NS(=O)(=O)CCl)c(Br)c1. The summed E-state index contributed by atoms with van der Waals surface area (Å²) in [6.45, 7) is 0. The Balaban J connectivity index is 3.16. The van der Waals surface area contributed by atoms with Crippen LogP contribution in [0.25, 0.3) is 0 Å². The van der Waals surface area contributed by atoms with Gasteiger partial charge in [0.25, 0.3) is 0 Å². The summed E-state index contributed by atoms with van der Waals surface area (Å²) in [7, 11) is -7.46. The third-order valence-corrected chi connectivity index (χ3v) is 4.93. The first-order valence-electron chi connectivity index (χ1n) is 4.04. The van der Waals surface area contributed by atoms with Gasteiger partial charge in [-0.3, -0.25) is 4.72 Å². The second kappa shape index (κ2) is 5.11. The number of halogens is 2. The molecule has 10 heteroatoms. The van der Waals surface area contributed by atoms with E-state index < -0.39 is 25.3 Å². The van der Waals surface area contributed by atoms with Crippen molar-refractivity contribution in [2.24, 2.45) is 5.14 Å². The molecule has 0 radical (unpaired) electrons. The normalized spacial score (nSPS) is 12.4. The van der Waals surface area contributed by atoms with Gasteiger partial charge in [0, 0.05) is 4.47 Å². The number of nitrogens with two attached hydrogens (primary N) is 1. The quantitative estimate of drug-likeness (QED) is 0.779. The highest BCUT2D eigenvalue weighted by atomic mass is 79.9. The van der Waals surface area contributed by atoms with E-state index in [2.05, 4.69) is 20.7 Å². The molecule has 0 aliphatic rings. The Morgan fingerprint density at radius 3 is 2.29 bits per heavy atom. The Kier molecular flexibility index (Phi) is 4.42. The number of hydrogen-bond acceptors (Lipinski definition) is 4. The van der Waals surface area contributed by atoms with E-state index in [1.54, 1.807) is 0 Å². The number of sulfonamides is 2. The van der Waals surface area contributed by atoms with Gasteiger partial charge in [-0.25, -0.2) is 22.0 Å². The van der Waals surface area contributed by atoms with E-state index in [-0.39, 0.29) is 15.1 Å². The van der Waals surface area contributed by atoms with Crippen LogP contribution in [0.3, 0.4) is 0 Å². The highest BCUT2D eigenvalue weighted by Crippen LogP contribution is 2.26. The van der Waals surface area contributed by atoms with Crippen LogP contribution in [0.2, 0.25) is 0 Å². The van der Waals surface area contributed by atoms with Gasteiger partial charge in [-0.2, -0.15) is 0 Å². The standard InChI is InChI=1S/C7H8BrClN2O4S2/c8-6-3-5(17(10,14)15)1-2-7(6)11-16(12,13)4-9/h1-3,11H,4H2,(H2,10,14,15). The van der Waals surface area contributed by atoms with Crippen LogP contribution in [0.4, 0.5) is 5.69 Å². The summed E-state index contributed by atoms with van der Waals surface area (Å²) >= 11 is 8.25. The largest absolute Gasteiger partial charge is 0.281 e. The van der Waals surface area contributed by atoms with Gasteiger partial charge < -0.3 is 0 Å². The molecular weight excluding hydrogens is 356 g/mol. The van der Waals surface area contributed by atoms with Crippen molar-refractivity contribution >= 4 is 53.3 Å². The first-order valence-corrected chi connectivity index (χ1v) is 8.57. The maximum Gasteiger partial charge on any atom is 0.246 e. The Morgan fingerprint density at radius 1 is 1.29 bits per heavy atom. The molecule has 0 aliphatic carbocycles. The van der Waals surface area contributed by atoms with E-state index >= 15 is 0 Å². The molecule has 1 rings (SSSR count). The Hall–Kier alpha value is -0.350. The minimum Gasteiger partial charge on any atom is -0.281 e. The van der Waals surface area contributed by atoms with Crippen molar-refractivity contribution in [1.82, 2.24) is 0 Å². The summed E-state index contributed by atoms with van der Waals surface area (Å²) in [5.74, 6) is 0. The lowest BCUT2D eigenvalue weighted by Crippen LogP contribution is -2.15. The summed E-state index contributed by atoms with van der Waals surface area (Å²) in [5.41, 5.74) is 0.179. The highest BCUT2D eigenvalue weighted by Gasteiger charge is 2.14. The molecule has 96 valence electrons. The van der Waals surface area contributed by atoms with Crippen molar-refractivity contribution in [3.63, 3.8) is 0 Å². The molecule has 0 atom stereocenters. The van der Waals surface area contributed by atoms with E-state index in [1.165, 1.54) is 18.2 Å². The molecule has 0 spiro atoms. The third kappa shape index (κ3) is 4.11. The zero-order valence-electron chi connectivity index (χ0n) is 8.22. The molecule has 0 saturated carbocycles. The monoisotopic (exact) mass is 362 g/mol. The van der Waals surface area contributed by atoms with Gasteiger partial charge >= 0.3 is 0 Å². The lowest BCUT2D eigenvalue weighted by atomic mass is 10.3. The number of nitrogens with one attached hydrogen (secondary N) is 1. The number of hydrogen-bond donors (Lipinski definition) is 2. The summed E-state index contributed by atoms with van der Waals surface area (Å²) in [6.07, 6.45) is 0. The summed E-state index contributed by atoms with van der Waals surface area (Å²) in [6, 6.07) is 3.65. The van der Waals surface area contributed by atoms with E-state index in [9.17, 15) is 16.8 Å². The Morgan fingerprint density at radius 2 is 1.88 bits per heavy atom. The molecule has 17 heavy (non-hydrogen) atoms. The van der Waals surface area contributed by atoms with Crippen LogP contribution in [0.5, 0.6) is 0 Å². The number of rotatable bonds is 4. The predicted molar refractivity (Wildman–Crippen MR) is 68.8 cm³/mol. The van der Waals surface area contributed by atoms with Crippen molar-refractivity contribution in [2.75, 3.05) is 9.93 Å².